The first-order chi connectivity index (χ1) is 9.49. The van der Waals surface area contributed by atoms with E-state index in [-0.39, 0.29) is 5.82 Å². The van der Waals surface area contributed by atoms with Gasteiger partial charge in [0.2, 0.25) is 0 Å². The van der Waals surface area contributed by atoms with Crippen molar-refractivity contribution in [3.05, 3.63) is 45.9 Å². The molecule has 0 amide bonds. The summed E-state index contributed by atoms with van der Waals surface area (Å²) in [4.78, 5) is 8.39. The minimum atomic E-state index is -0.150. The summed E-state index contributed by atoms with van der Waals surface area (Å²) in [5, 5.41) is 4.20. The van der Waals surface area contributed by atoms with Gasteiger partial charge in [-0.2, -0.15) is 0 Å². The number of anilines is 1. The predicted octanol–water partition coefficient (Wildman–Crippen LogP) is 4.22. The van der Waals surface area contributed by atoms with Crippen LogP contribution in [0.4, 0.5) is 10.2 Å². The van der Waals surface area contributed by atoms with Crippen molar-refractivity contribution in [3.8, 4) is 0 Å². The summed E-state index contributed by atoms with van der Waals surface area (Å²) in [7, 11) is 0. The molecule has 1 aromatic heterocycles. The second-order valence-corrected chi connectivity index (χ2v) is 5.62. The van der Waals surface area contributed by atoms with Crippen molar-refractivity contribution in [2.45, 2.75) is 25.5 Å². The molecule has 0 radical (unpaired) electrons. The maximum absolute atomic E-state index is 13.6. The minimum absolute atomic E-state index is 0.150. The smallest absolute Gasteiger partial charge is 0.190 e. The van der Waals surface area contributed by atoms with Crippen molar-refractivity contribution in [1.82, 2.24) is 9.97 Å². The van der Waals surface area contributed by atoms with Crippen LogP contribution in [0, 0.1) is 19.7 Å². The monoisotopic (exact) mass is 311 g/mol. The van der Waals surface area contributed by atoms with Crippen molar-refractivity contribution < 1.29 is 4.39 Å². The van der Waals surface area contributed by atoms with Gasteiger partial charge in [-0.05, 0) is 36.8 Å². The van der Waals surface area contributed by atoms with E-state index in [1.165, 1.54) is 11.8 Å². The van der Waals surface area contributed by atoms with Gasteiger partial charge in [0.25, 0.3) is 0 Å². The highest BCUT2D eigenvalue weighted by atomic mass is 35.5. The average Bonchev–Trinajstić information content (AvgIpc) is 2.41. The molecular weight excluding hydrogens is 297 g/mol. The molecule has 0 bridgehead atoms. The van der Waals surface area contributed by atoms with Crippen molar-refractivity contribution in [3.63, 3.8) is 0 Å². The van der Waals surface area contributed by atoms with Gasteiger partial charge in [0, 0.05) is 12.6 Å². The van der Waals surface area contributed by atoms with Crippen molar-refractivity contribution in [1.29, 1.82) is 0 Å². The largest absolute Gasteiger partial charge is 0.366 e. The quantitative estimate of drug-likeness (QED) is 0.521. The van der Waals surface area contributed by atoms with E-state index in [1.54, 1.807) is 19.9 Å². The number of rotatable bonds is 4. The number of aryl methyl sites for hydroxylation is 2. The van der Waals surface area contributed by atoms with Gasteiger partial charge in [-0.1, -0.05) is 35.5 Å². The van der Waals surface area contributed by atoms with Crippen LogP contribution in [0.25, 0.3) is 0 Å². The summed E-state index contributed by atoms with van der Waals surface area (Å²) in [6.07, 6.45) is 1.89. The first-order valence-electron chi connectivity index (χ1n) is 6.07. The molecule has 0 aliphatic heterocycles. The van der Waals surface area contributed by atoms with Gasteiger partial charge in [-0.15, -0.1) is 0 Å². The molecule has 0 aliphatic rings. The summed E-state index contributed by atoms with van der Waals surface area (Å²) in [5.74, 6) is 0.512. The van der Waals surface area contributed by atoms with Gasteiger partial charge in [0.1, 0.15) is 16.8 Å². The molecule has 0 saturated heterocycles. The highest BCUT2D eigenvalue weighted by Crippen LogP contribution is 2.19. The van der Waals surface area contributed by atoms with E-state index >= 15 is 0 Å². The molecule has 1 heterocycles. The summed E-state index contributed by atoms with van der Waals surface area (Å²) in [5.41, 5.74) is 2.29. The highest BCUT2D eigenvalue weighted by molar-refractivity contribution is 7.98. The van der Waals surface area contributed by atoms with Gasteiger partial charge < -0.3 is 5.32 Å². The average molecular weight is 312 g/mol. The fraction of sp³-hybridized carbons (Fsp3) is 0.286. The van der Waals surface area contributed by atoms with Gasteiger partial charge in [-0.25, -0.2) is 14.4 Å². The Morgan fingerprint density at radius 1 is 1.20 bits per heavy atom. The Labute approximate surface area is 127 Å². The molecule has 0 fully saturated rings. The van der Waals surface area contributed by atoms with Gasteiger partial charge in [-0.3, -0.25) is 0 Å². The Hall–Kier alpha value is -1.33. The van der Waals surface area contributed by atoms with Gasteiger partial charge >= 0.3 is 0 Å². The fourth-order valence-electron chi connectivity index (χ4n) is 1.91. The van der Waals surface area contributed by atoms with E-state index in [4.69, 9.17) is 11.6 Å². The fourth-order valence-corrected chi connectivity index (χ4v) is 2.52. The molecule has 6 heteroatoms. The van der Waals surface area contributed by atoms with Crippen LogP contribution in [0.3, 0.4) is 0 Å². The normalized spacial score (nSPS) is 10.7. The Bertz CT molecular complexity index is 611. The van der Waals surface area contributed by atoms with Gasteiger partial charge in [0.15, 0.2) is 5.16 Å². The third-order valence-corrected chi connectivity index (χ3v) is 3.57. The Morgan fingerprint density at radius 2 is 1.85 bits per heavy atom. The molecular formula is C14H15ClFN3S. The van der Waals surface area contributed by atoms with E-state index in [0.717, 1.165) is 5.56 Å². The van der Waals surface area contributed by atoms with Crippen LogP contribution < -0.4 is 5.32 Å². The molecule has 1 N–H and O–H groups in total. The number of aromatic nitrogens is 2. The number of nitrogens with zero attached hydrogens (tertiary/aromatic N) is 2. The lowest BCUT2D eigenvalue weighted by Gasteiger charge is -2.09. The second kappa shape index (κ2) is 6.41. The SMILES string of the molecule is CSc1nc(Cl)cc(NCc2cc(C)c(F)c(C)c2)n1. The van der Waals surface area contributed by atoms with Crippen LogP contribution in [0.1, 0.15) is 16.7 Å². The predicted molar refractivity (Wildman–Crippen MR) is 82.0 cm³/mol. The van der Waals surface area contributed by atoms with E-state index in [9.17, 15) is 4.39 Å². The van der Waals surface area contributed by atoms with Gasteiger partial charge in [0.05, 0.1) is 0 Å². The van der Waals surface area contributed by atoms with Crippen molar-refractivity contribution in [2.24, 2.45) is 0 Å². The number of thioether (sulfide) groups is 1. The van der Waals surface area contributed by atoms with Crippen molar-refractivity contribution >= 4 is 29.2 Å². The standard InChI is InChI=1S/C14H15ClFN3S/c1-8-4-10(5-9(2)13(8)16)7-17-12-6-11(15)18-14(19-12)20-3/h4-6H,7H2,1-3H3,(H,17,18,19). The van der Waals surface area contributed by atoms with Crippen LogP contribution in [-0.2, 0) is 6.54 Å². The summed E-state index contributed by atoms with van der Waals surface area (Å²) in [6, 6.07) is 5.33. The second-order valence-electron chi connectivity index (χ2n) is 4.46. The summed E-state index contributed by atoms with van der Waals surface area (Å²) in [6.45, 7) is 4.08. The van der Waals surface area contributed by atoms with E-state index in [2.05, 4.69) is 15.3 Å². The van der Waals surface area contributed by atoms with Crippen molar-refractivity contribution in [2.75, 3.05) is 11.6 Å². The lowest BCUT2D eigenvalue weighted by Crippen LogP contribution is -2.04. The van der Waals surface area contributed by atoms with E-state index in [0.29, 0.717) is 33.8 Å². The first kappa shape index (κ1) is 15.1. The first-order valence-corrected chi connectivity index (χ1v) is 7.68. The minimum Gasteiger partial charge on any atom is -0.366 e. The Balaban J connectivity index is 2.14. The molecule has 1 aromatic carbocycles. The molecule has 0 unspecified atom stereocenters. The number of hydrogen-bond acceptors (Lipinski definition) is 4. The molecule has 3 nitrogen and oxygen atoms in total. The van der Waals surface area contributed by atoms with E-state index < -0.39 is 0 Å². The number of hydrogen-bond donors (Lipinski definition) is 1. The molecule has 2 aromatic rings. The summed E-state index contributed by atoms with van der Waals surface area (Å²) < 4.78 is 13.6. The number of nitrogens with one attached hydrogen (secondary N) is 1. The lowest BCUT2D eigenvalue weighted by molar-refractivity contribution is 0.608. The highest BCUT2D eigenvalue weighted by Gasteiger charge is 2.06. The molecule has 106 valence electrons. The Kier molecular flexibility index (Phi) is 4.83. The zero-order valence-electron chi connectivity index (χ0n) is 11.5. The van der Waals surface area contributed by atoms with Crippen LogP contribution in [0.15, 0.2) is 23.4 Å². The maximum Gasteiger partial charge on any atom is 0.190 e. The van der Waals surface area contributed by atoms with Crippen LogP contribution in [0.2, 0.25) is 5.15 Å². The topological polar surface area (TPSA) is 37.8 Å². The number of halogens is 2. The molecule has 0 atom stereocenters. The summed E-state index contributed by atoms with van der Waals surface area (Å²) >= 11 is 7.36. The third-order valence-electron chi connectivity index (χ3n) is 2.83. The molecule has 2 rings (SSSR count). The molecule has 0 aliphatic carbocycles. The lowest BCUT2D eigenvalue weighted by atomic mass is 10.1. The number of benzene rings is 1. The van der Waals surface area contributed by atoms with Crippen LogP contribution >= 0.6 is 23.4 Å². The van der Waals surface area contributed by atoms with E-state index in [1.807, 2.05) is 18.4 Å². The maximum atomic E-state index is 13.6. The molecule has 0 saturated carbocycles. The third kappa shape index (κ3) is 3.61. The van der Waals surface area contributed by atoms with Crippen LogP contribution in [0.5, 0.6) is 0 Å². The molecule has 0 spiro atoms. The van der Waals surface area contributed by atoms with Crippen LogP contribution in [-0.4, -0.2) is 16.2 Å². The zero-order valence-corrected chi connectivity index (χ0v) is 13.1. The Morgan fingerprint density at radius 3 is 2.45 bits per heavy atom. The zero-order chi connectivity index (χ0) is 14.7. The molecule has 20 heavy (non-hydrogen) atoms.